The number of carbonyl (C=O) groups is 1. The Morgan fingerprint density at radius 1 is 1.44 bits per heavy atom. The molecule has 1 amide bonds. The summed E-state index contributed by atoms with van der Waals surface area (Å²) in [6, 6.07) is 0.470. The largest absolute Gasteiger partial charge is 0.375 e. The normalized spacial score (nSPS) is 37.6. The van der Waals surface area contributed by atoms with Gasteiger partial charge in [0.05, 0.1) is 18.8 Å². The number of nitrogens with two attached hydrogens (primary N) is 1. The van der Waals surface area contributed by atoms with E-state index in [4.69, 9.17) is 10.5 Å². The molecule has 1 heterocycles. The minimum absolute atomic E-state index is 0.146. The molecule has 0 aromatic carbocycles. The molecule has 4 atom stereocenters. The van der Waals surface area contributed by atoms with E-state index in [0.29, 0.717) is 12.5 Å². The van der Waals surface area contributed by atoms with E-state index < -0.39 is 0 Å². The maximum Gasteiger partial charge on any atom is 0.226 e. The molecular weight excluding hydrogens is 228 g/mol. The lowest BCUT2D eigenvalue weighted by atomic mass is 9.85. The highest BCUT2D eigenvalue weighted by atomic mass is 16.5. The zero-order valence-electron chi connectivity index (χ0n) is 11.6. The van der Waals surface area contributed by atoms with Crippen molar-refractivity contribution in [1.29, 1.82) is 0 Å². The molecule has 2 aliphatic rings. The Hall–Kier alpha value is -0.610. The molecule has 1 aliphatic heterocycles. The monoisotopic (exact) mass is 254 g/mol. The van der Waals surface area contributed by atoms with Gasteiger partial charge in [-0.2, -0.15) is 0 Å². The highest BCUT2D eigenvalue weighted by Gasteiger charge is 2.35. The van der Waals surface area contributed by atoms with Gasteiger partial charge in [0, 0.05) is 18.5 Å². The second-order valence-electron chi connectivity index (χ2n) is 5.82. The first-order valence-electron chi connectivity index (χ1n) is 7.29. The van der Waals surface area contributed by atoms with Gasteiger partial charge >= 0.3 is 0 Å². The molecule has 18 heavy (non-hydrogen) atoms. The van der Waals surface area contributed by atoms with E-state index in [9.17, 15) is 4.79 Å². The first-order valence-corrected chi connectivity index (χ1v) is 7.29. The summed E-state index contributed by atoms with van der Waals surface area (Å²) in [5.41, 5.74) is 5.99. The maximum absolute atomic E-state index is 12.6. The van der Waals surface area contributed by atoms with Crippen molar-refractivity contribution in [3.8, 4) is 0 Å². The van der Waals surface area contributed by atoms with Gasteiger partial charge in [-0.3, -0.25) is 4.79 Å². The number of hydrogen-bond acceptors (Lipinski definition) is 3. The van der Waals surface area contributed by atoms with Crippen molar-refractivity contribution in [2.24, 2.45) is 11.7 Å². The molecule has 0 spiro atoms. The van der Waals surface area contributed by atoms with Crippen LogP contribution >= 0.6 is 0 Å². The van der Waals surface area contributed by atoms with Crippen molar-refractivity contribution in [3.63, 3.8) is 0 Å². The molecule has 2 fully saturated rings. The van der Waals surface area contributed by atoms with Gasteiger partial charge in [-0.05, 0) is 32.6 Å². The third kappa shape index (κ3) is 3.04. The Morgan fingerprint density at radius 3 is 2.89 bits per heavy atom. The average molecular weight is 254 g/mol. The Balaban J connectivity index is 2.00. The summed E-state index contributed by atoms with van der Waals surface area (Å²) >= 11 is 0. The zero-order valence-corrected chi connectivity index (χ0v) is 11.6. The molecule has 1 saturated carbocycles. The Morgan fingerprint density at radius 2 is 2.22 bits per heavy atom. The molecule has 104 valence electrons. The van der Waals surface area contributed by atoms with Crippen molar-refractivity contribution in [2.45, 2.75) is 64.1 Å². The second kappa shape index (κ2) is 6.02. The van der Waals surface area contributed by atoms with E-state index in [2.05, 4.69) is 11.8 Å². The van der Waals surface area contributed by atoms with Crippen LogP contribution in [0.5, 0.6) is 0 Å². The second-order valence-corrected chi connectivity index (χ2v) is 5.82. The van der Waals surface area contributed by atoms with Gasteiger partial charge in [0.1, 0.15) is 0 Å². The Labute approximate surface area is 110 Å². The highest BCUT2D eigenvalue weighted by Crippen LogP contribution is 2.27. The minimum atomic E-state index is 0.146. The van der Waals surface area contributed by atoms with Crippen LogP contribution in [-0.4, -0.2) is 42.1 Å². The van der Waals surface area contributed by atoms with Gasteiger partial charge in [-0.1, -0.05) is 13.3 Å². The lowest BCUT2D eigenvalue weighted by Gasteiger charge is -2.41. The molecule has 4 unspecified atom stereocenters. The van der Waals surface area contributed by atoms with Crippen molar-refractivity contribution in [1.82, 2.24) is 4.90 Å². The quantitative estimate of drug-likeness (QED) is 0.813. The van der Waals surface area contributed by atoms with E-state index in [0.717, 1.165) is 38.6 Å². The SMILES string of the molecule is CCC1COC(C)CN1C(=O)C1CCCC(N)C1. The van der Waals surface area contributed by atoms with Crippen molar-refractivity contribution < 1.29 is 9.53 Å². The molecule has 0 aromatic rings. The van der Waals surface area contributed by atoms with Gasteiger partial charge in [0.15, 0.2) is 0 Å². The average Bonchev–Trinajstić information content (AvgIpc) is 2.38. The fraction of sp³-hybridized carbons (Fsp3) is 0.929. The van der Waals surface area contributed by atoms with Gasteiger partial charge in [0.2, 0.25) is 5.91 Å². The van der Waals surface area contributed by atoms with Crippen LogP contribution in [-0.2, 0) is 9.53 Å². The van der Waals surface area contributed by atoms with Crippen LogP contribution < -0.4 is 5.73 Å². The van der Waals surface area contributed by atoms with Gasteiger partial charge in [0.25, 0.3) is 0 Å². The third-order valence-electron chi connectivity index (χ3n) is 4.29. The summed E-state index contributed by atoms with van der Waals surface area (Å²) in [5, 5.41) is 0. The summed E-state index contributed by atoms with van der Waals surface area (Å²) in [6.45, 7) is 5.58. The number of hydrogen-bond donors (Lipinski definition) is 1. The lowest BCUT2D eigenvalue weighted by molar-refractivity contribution is -0.149. The van der Waals surface area contributed by atoms with E-state index in [1.165, 1.54) is 0 Å². The molecule has 0 radical (unpaired) electrons. The fourth-order valence-corrected chi connectivity index (χ4v) is 3.14. The van der Waals surface area contributed by atoms with Crippen molar-refractivity contribution >= 4 is 5.91 Å². The van der Waals surface area contributed by atoms with E-state index >= 15 is 0 Å². The van der Waals surface area contributed by atoms with Crippen LogP contribution in [0.25, 0.3) is 0 Å². The third-order valence-corrected chi connectivity index (χ3v) is 4.29. The Bertz CT molecular complexity index is 296. The molecule has 1 saturated heterocycles. The van der Waals surface area contributed by atoms with Crippen LogP contribution in [0.1, 0.15) is 46.0 Å². The highest BCUT2D eigenvalue weighted by molar-refractivity contribution is 5.79. The molecule has 4 nitrogen and oxygen atoms in total. The van der Waals surface area contributed by atoms with E-state index in [1.54, 1.807) is 0 Å². The molecule has 2 rings (SSSR count). The van der Waals surface area contributed by atoms with Gasteiger partial charge < -0.3 is 15.4 Å². The zero-order chi connectivity index (χ0) is 13.1. The van der Waals surface area contributed by atoms with Crippen LogP contribution in [0, 0.1) is 5.92 Å². The number of rotatable bonds is 2. The molecule has 1 aliphatic carbocycles. The number of morpholine rings is 1. The smallest absolute Gasteiger partial charge is 0.226 e. The molecule has 2 N–H and O–H groups in total. The predicted octanol–water partition coefficient (Wildman–Crippen LogP) is 1.53. The predicted molar refractivity (Wildman–Crippen MR) is 71.1 cm³/mol. The maximum atomic E-state index is 12.6. The summed E-state index contributed by atoms with van der Waals surface area (Å²) in [7, 11) is 0. The van der Waals surface area contributed by atoms with Crippen LogP contribution in [0.15, 0.2) is 0 Å². The first kappa shape index (κ1) is 13.8. The minimum Gasteiger partial charge on any atom is -0.375 e. The molecule has 4 heteroatoms. The fourth-order valence-electron chi connectivity index (χ4n) is 3.14. The van der Waals surface area contributed by atoms with E-state index in [1.807, 2.05) is 6.92 Å². The van der Waals surface area contributed by atoms with Crippen LogP contribution in [0.2, 0.25) is 0 Å². The number of amides is 1. The number of ether oxygens (including phenoxy) is 1. The number of nitrogens with zero attached hydrogens (tertiary/aromatic N) is 1. The first-order chi connectivity index (χ1) is 8.61. The molecule has 0 bridgehead atoms. The molecule has 0 aromatic heterocycles. The number of carbonyl (C=O) groups excluding carboxylic acids is 1. The lowest BCUT2D eigenvalue weighted by Crippen LogP contribution is -2.53. The van der Waals surface area contributed by atoms with Crippen LogP contribution in [0.4, 0.5) is 0 Å². The van der Waals surface area contributed by atoms with Gasteiger partial charge in [-0.25, -0.2) is 0 Å². The van der Waals surface area contributed by atoms with Crippen molar-refractivity contribution in [3.05, 3.63) is 0 Å². The van der Waals surface area contributed by atoms with Crippen molar-refractivity contribution in [2.75, 3.05) is 13.2 Å². The summed E-state index contributed by atoms with van der Waals surface area (Å²) < 4.78 is 5.65. The topological polar surface area (TPSA) is 55.6 Å². The molecular formula is C14H26N2O2. The van der Waals surface area contributed by atoms with E-state index in [-0.39, 0.29) is 24.1 Å². The summed E-state index contributed by atoms with van der Waals surface area (Å²) in [6.07, 6.45) is 5.16. The Kier molecular flexibility index (Phi) is 4.62. The summed E-state index contributed by atoms with van der Waals surface area (Å²) in [5.74, 6) is 0.459. The standard InChI is InChI=1S/C14H26N2O2/c1-3-13-9-18-10(2)8-16(13)14(17)11-5-4-6-12(15)7-11/h10-13H,3-9,15H2,1-2H3. The summed E-state index contributed by atoms with van der Waals surface area (Å²) in [4.78, 5) is 14.7. The van der Waals surface area contributed by atoms with Crippen LogP contribution in [0.3, 0.4) is 0 Å². The van der Waals surface area contributed by atoms with Gasteiger partial charge in [-0.15, -0.1) is 0 Å².